The highest BCUT2D eigenvalue weighted by Crippen LogP contribution is 2.21. The molecule has 0 aliphatic carbocycles. The van der Waals surface area contributed by atoms with Crippen molar-refractivity contribution in [2.24, 2.45) is 0 Å². The molecule has 1 aromatic rings. The van der Waals surface area contributed by atoms with E-state index in [4.69, 9.17) is 27.9 Å². The van der Waals surface area contributed by atoms with Gasteiger partial charge >= 0.3 is 5.97 Å². The molecule has 6 heteroatoms. The molecule has 0 aromatic heterocycles. The zero-order valence-electron chi connectivity index (χ0n) is 10.5. The molecule has 0 radical (unpaired) electrons. The van der Waals surface area contributed by atoms with Gasteiger partial charge in [0.25, 0.3) is 0 Å². The SMILES string of the molecule is CCOC(=O)CNC(=O)CCc1ccc(Cl)cc1Cl. The molecule has 0 atom stereocenters. The zero-order chi connectivity index (χ0) is 14.3. The molecule has 0 bridgehead atoms. The lowest BCUT2D eigenvalue weighted by Gasteiger charge is -2.06. The predicted molar refractivity (Wildman–Crippen MR) is 74.4 cm³/mol. The van der Waals surface area contributed by atoms with Gasteiger partial charge in [-0.2, -0.15) is 0 Å². The number of esters is 1. The van der Waals surface area contributed by atoms with Crippen molar-refractivity contribution < 1.29 is 14.3 Å². The number of amides is 1. The Morgan fingerprint density at radius 2 is 2.05 bits per heavy atom. The van der Waals surface area contributed by atoms with E-state index >= 15 is 0 Å². The van der Waals surface area contributed by atoms with Gasteiger partial charge in [-0.05, 0) is 31.0 Å². The first kappa shape index (κ1) is 15.8. The third kappa shape index (κ3) is 5.94. The first-order valence-corrected chi connectivity index (χ1v) is 6.64. The second-order valence-corrected chi connectivity index (χ2v) is 4.66. The molecule has 1 N–H and O–H groups in total. The standard InChI is InChI=1S/C13H15Cl2NO3/c1-2-19-13(18)8-16-12(17)6-4-9-3-5-10(14)7-11(9)15/h3,5,7H,2,4,6,8H2,1H3,(H,16,17). The summed E-state index contributed by atoms with van der Waals surface area (Å²) in [5.74, 6) is -0.667. The van der Waals surface area contributed by atoms with Gasteiger partial charge in [-0.25, -0.2) is 0 Å². The third-order valence-electron chi connectivity index (χ3n) is 2.37. The first-order chi connectivity index (χ1) is 9.02. The van der Waals surface area contributed by atoms with Gasteiger partial charge in [0.2, 0.25) is 5.91 Å². The molecule has 104 valence electrons. The van der Waals surface area contributed by atoms with E-state index in [0.717, 1.165) is 5.56 Å². The molecule has 1 rings (SSSR count). The molecule has 1 amide bonds. The van der Waals surface area contributed by atoms with Crippen LogP contribution >= 0.6 is 23.2 Å². The lowest BCUT2D eigenvalue weighted by atomic mass is 10.1. The maximum Gasteiger partial charge on any atom is 0.325 e. The molecule has 0 unspecified atom stereocenters. The number of halogens is 2. The highest BCUT2D eigenvalue weighted by molar-refractivity contribution is 6.35. The molecule has 0 fully saturated rings. The Morgan fingerprint density at radius 1 is 1.32 bits per heavy atom. The summed E-state index contributed by atoms with van der Waals surface area (Å²) < 4.78 is 4.70. The Balaban J connectivity index is 2.36. The fourth-order valence-electron chi connectivity index (χ4n) is 1.44. The smallest absolute Gasteiger partial charge is 0.325 e. The molecule has 0 aliphatic rings. The second-order valence-electron chi connectivity index (χ2n) is 3.82. The number of ether oxygens (including phenoxy) is 1. The minimum absolute atomic E-state index is 0.110. The van der Waals surface area contributed by atoms with Gasteiger partial charge in [0, 0.05) is 16.5 Å². The molecule has 0 spiro atoms. The number of benzene rings is 1. The van der Waals surface area contributed by atoms with E-state index in [1.807, 2.05) is 0 Å². The highest BCUT2D eigenvalue weighted by Gasteiger charge is 2.08. The van der Waals surface area contributed by atoms with Crippen LogP contribution in [0.5, 0.6) is 0 Å². The fourth-order valence-corrected chi connectivity index (χ4v) is 1.95. The number of hydrogen-bond acceptors (Lipinski definition) is 3. The molecule has 0 aliphatic heterocycles. The van der Waals surface area contributed by atoms with E-state index in [1.54, 1.807) is 25.1 Å². The summed E-state index contributed by atoms with van der Waals surface area (Å²) in [5.41, 5.74) is 0.845. The quantitative estimate of drug-likeness (QED) is 0.822. The average Bonchev–Trinajstić information content (AvgIpc) is 2.35. The minimum Gasteiger partial charge on any atom is -0.465 e. The lowest BCUT2D eigenvalue weighted by Crippen LogP contribution is -2.30. The average molecular weight is 304 g/mol. The zero-order valence-corrected chi connectivity index (χ0v) is 12.1. The van der Waals surface area contributed by atoms with Gasteiger partial charge in [0.1, 0.15) is 6.54 Å². The van der Waals surface area contributed by atoms with Crippen LogP contribution in [0, 0.1) is 0 Å². The molecular weight excluding hydrogens is 289 g/mol. The van der Waals surface area contributed by atoms with Crippen molar-refractivity contribution in [3.63, 3.8) is 0 Å². The van der Waals surface area contributed by atoms with Gasteiger partial charge in [-0.15, -0.1) is 0 Å². The number of carbonyl (C=O) groups excluding carboxylic acids is 2. The molecule has 19 heavy (non-hydrogen) atoms. The fraction of sp³-hybridized carbons (Fsp3) is 0.385. The molecule has 0 heterocycles. The number of nitrogens with one attached hydrogen (secondary N) is 1. The molecule has 0 saturated carbocycles. The first-order valence-electron chi connectivity index (χ1n) is 5.89. The van der Waals surface area contributed by atoms with Crippen LogP contribution in [-0.4, -0.2) is 25.0 Å². The number of aryl methyl sites for hydroxylation is 1. The van der Waals surface area contributed by atoms with Crippen LogP contribution in [0.2, 0.25) is 10.0 Å². The monoisotopic (exact) mass is 303 g/mol. The summed E-state index contributed by atoms with van der Waals surface area (Å²) in [7, 11) is 0. The highest BCUT2D eigenvalue weighted by atomic mass is 35.5. The van der Waals surface area contributed by atoms with E-state index in [0.29, 0.717) is 23.1 Å². The normalized spacial score (nSPS) is 10.1. The number of hydrogen-bond donors (Lipinski definition) is 1. The van der Waals surface area contributed by atoms with Gasteiger partial charge in [-0.3, -0.25) is 9.59 Å². The Morgan fingerprint density at radius 3 is 2.68 bits per heavy atom. The Hall–Kier alpha value is -1.26. The van der Waals surface area contributed by atoms with E-state index in [1.165, 1.54) is 0 Å². The number of rotatable bonds is 6. The largest absolute Gasteiger partial charge is 0.465 e. The lowest BCUT2D eigenvalue weighted by molar-refractivity contribution is -0.143. The summed E-state index contributed by atoms with van der Waals surface area (Å²) in [4.78, 5) is 22.6. The third-order valence-corrected chi connectivity index (χ3v) is 2.96. The Bertz CT molecular complexity index is 463. The topological polar surface area (TPSA) is 55.4 Å². The van der Waals surface area contributed by atoms with Crippen LogP contribution in [0.4, 0.5) is 0 Å². The van der Waals surface area contributed by atoms with Crippen molar-refractivity contribution in [2.75, 3.05) is 13.2 Å². The summed E-state index contributed by atoms with van der Waals surface area (Å²) in [6, 6.07) is 5.14. The van der Waals surface area contributed by atoms with Crippen molar-refractivity contribution in [3.8, 4) is 0 Å². The van der Waals surface area contributed by atoms with Gasteiger partial charge in [0.05, 0.1) is 6.61 Å². The van der Waals surface area contributed by atoms with Crippen LogP contribution in [0.3, 0.4) is 0 Å². The van der Waals surface area contributed by atoms with E-state index in [-0.39, 0.29) is 18.9 Å². The summed E-state index contributed by atoms with van der Waals surface area (Å²) in [6.45, 7) is 1.90. The maximum absolute atomic E-state index is 11.5. The van der Waals surface area contributed by atoms with Crippen LogP contribution in [0.15, 0.2) is 18.2 Å². The van der Waals surface area contributed by atoms with E-state index in [2.05, 4.69) is 5.32 Å². The minimum atomic E-state index is -0.444. The van der Waals surface area contributed by atoms with Crippen molar-refractivity contribution >= 4 is 35.1 Å². The van der Waals surface area contributed by atoms with E-state index in [9.17, 15) is 9.59 Å². The van der Waals surface area contributed by atoms with E-state index < -0.39 is 5.97 Å². The van der Waals surface area contributed by atoms with Crippen LogP contribution < -0.4 is 5.32 Å². The molecule has 4 nitrogen and oxygen atoms in total. The molecule has 0 saturated heterocycles. The summed E-state index contributed by atoms with van der Waals surface area (Å²) >= 11 is 11.8. The summed E-state index contributed by atoms with van der Waals surface area (Å²) in [6.07, 6.45) is 0.741. The Labute approximate surface area is 122 Å². The second kappa shape index (κ2) is 8.02. The van der Waals surface area contributed by atoms with Crippen LogP contribution in [-0.2, 0) is 20.7 Å². The van der Waals surface area contributed by atoms with Crippen molar-refractivity contribution in [1.29, 1.82) is 0 Å². The van der Waals surface area contributed by atoms with Gasteiger partial charge < -0.3 is 10.1 Å². The Kier molecular flexibility index (Phi) is 6.67. The predicted octanol–water partition coefficient (Wildman–Crippen LogP) is 2.61. The molecule has 1 aromatic carbocycles. The van der Waals surface area contributed by atoms with Gasteiger partial charge in [0.15, 0.2) is 0 Å². The van der Waals surface area contributed by atoms with Crippen LogP contribution in [0.25, 0.3) is 0 Å². The summed E-state index contributed by atoms with van der Waals surface area (Å²) in [5, 5.41) is 3.57. The van der Waals surface area contributed by atoms with Crippen molar-refractivity contribution in [1.82, 2.24) is 5.32 Å². The number of carbonyl (C=O) groups is 2. The molecular formula is C13H15Cl2NO3. The van der Waals surface area contributed by atoms with Crippen LogP contribution in [0.1, 0.15) is 18.9 Å². The van der Waals surface area contributed by atoms with Crippen molar-refractivity contribution in [3.05, 3.63) is 33.8 Å². The van der Waals surface area contributed by atoms with Gasteiger partial charge in [-0.1, -0.05) is 29.3 Å². The van der Waals surface area contributed by atoms with Crippen molar-refractivity contribution in [2.45, 2.75) is 19.8 Å². The maximum atomic E-state index is 11.5.